The molecule has 0 atom stereocenters. The van der Waals surface area contributed by atoms with Gasteiger partial charge in [0, 0.05) is 17.7 Å². The Morgan fingerprint density at radius 2 is 2.03 bits per heavy atom. The molecule has 1 aliphatic rings. The average Bonchev–Trinajstić information content (AvgIpc) is 3.12. The minimum absolute atomic E-state index is 0.0208. The summed E-state index contributed by atoms with van der Waals surface area (Å²) in [6.45, 7) is 0. The van der Waals surface area contributed by atoms with Crippen LogP contribution in [0.2, 0.25) is 0 Å². The van der Waals surface area contributed by atoms with Crippen LogP contribution in [0.5, 0.6) is 0 Å². The van der Waals surface area contributed by atoms with Gasteiger partial charge in [0.1, 0.15) is 10.4 Å². The number of aromatic amines is 2. The van der Waals surface area contributed by atoms with E-state index in [4.69, 9.17) is 0 Å². The number of rotatable bonds is 4. The number of ketones is 1. The van der Waals surface area contributed by atoms with Gasteiger partial charge in [0.2, 0.25) is 5.78 Å². The Bertz CT molecular complexity index is 1250. The third kappa shape index (κ3) is 3.01. The number of alkyl halides is 3. The van der Waals surface area contributed by atoms with E-state index in [1.54, 1.807) is 0 Å². The number of nitrogens with one attached hydrogen (secondary N) is 2. The molecule has 0 aromatic carbocycles. The second-order valence-corrected chi connectivity index (χ2v) is 7.59. The molecular formula is C18H11F4N5OS. The van der Waals surface area contributed by atoms with Crippen molar-refractivity contribution in [2.24, 2.45) is 0 Å². The lowest BCUT2D eigenvalue weighted by Gasteiger charge is -2.04. The molecule has 0 bridgehead atoms. The number of hydrogen-bond donors (Lipinski definition) is 2. The monoisotopic (exact) mass is 421 g/mol. The Morgan fingerprint density at radius 1 is 1.24 bits per heavy atom. The molecule has 11 heteroatoms. The molecule has 29 heavy (non-hydrogen) atoms. The fraction of sp³-hybridized carbons (Fsp3) is 0.222. The molecule has 6 nitrogen and oxygen atoms in total. The van der Waals surface area contributed by atoms with Crippen molar-refractivity contribution >= 4 is 28.2 Å². The number of hydrogen-bond acceptors (Lipinski definition) is 5. The van der Waals surface area contributed by atoms with Gasteiger partial charge < -0.3 is 9.97 Å². The maximum atomic E-state index is 14.6. The second kappa shape index (κ2) is 6.21. The van der Waals surface area contributed by atoms with Gasteiger partial charge in [0.25, 0.3) is 0 Å². The highest BCUT2D eigenvalue weighted by molar-refractivity contribution is 7.12. The van der Waals surface area contributed by atoms with Gasteiger partial charge in [-0.25, -0.2) is 14.4 Å². The van der Waals surface area contributed by atoms with E-state index in [-0.39, 0.29) is 22.8 Å². The average molecular weight is 421 g/mol. The van der Waals surface area contributed by atoms with E-state index >= 15 is 0 Å². The lowest BCUT2D eigenvalue weighted by atomic mass is 10.1. The van der Waals surface area contributed by atoms with E-state index < -0.39 is 28.3 Å². The Labute approximate surface area is 164 Å². The third-order valence-corrected chi connectivity index (χ3v) is 5.53. The quantitative estimate of drug-likeness (QED) is 0.370. The van der Waals surface area contributed by atoms with Gasteiger partial charge in [0.15, 0.2) is 17.3 Å². The van der Waals surface area contributed by atoms with Crippen LogP contribution in [0, 0.1) is 5.82 Å². The Morgan fingerprint density at radius 3 is 2.76 bits per heavy atom. The van der Waals surface area contributed by atoms with Crippen LogP contribution >= 0.6 is 11.3 Å². The van der Waals surface area contributed by atoms with Gasteiger partial charge in [-0.15, -0.1) is 11.3 Å². The van der Waals surface area contributed by atoms with Crippen LogP contribution in [-0.4, -0.2) is 30.7 Å². The summed E-state index contributed by atoms with van der Waals surface area (Å²) in [6.07, 6.45) is -0.134. The molecule has 4 heterocycles. The summed E-state index contributed by atoms with van der Waals surface area (Å²) < 4.78 is 53.7. The lowest BCUT2D eigenvalue weighted by molar-refractivity contribution is -0.141. The molecule has 148 valence electrons. The van der Waals surface area contributed by atoms with Crippen molar-refractivity contribution in [3.8, 4) is 11.5 Å². The molecule has 0 radical (unpaired) electrons. The molecule has 0 saturated heterocycles. The molecule has 4 aromatic heterocycles. The number of nitrogens with zero attached hydrogens (tertiary/aromatic N) is 3. The summed E-state index contributed by atoms with van der Waals surface area (Å²) in [4.78, 5) is 29.4. The highest BCUT2D eigenvalue weighted by atomic mass is 32.1. The van der Waals surface area contributed by atoms with Crippen LogP contribution in [-0.2, 0) is 6.18 Å². The van der Waals surface area contributed by atoms with Crippen LogP contribution in [0.3, 0.4) is 0 Å². The van der Waals surface area contributed by atoms with Crippen molar-refractivity contribution in [3.63, 3.8) is 0 Å². The van der Waals surface area contributed by atoms with Crippen LogP contribution < -0.4 is 0 Å². The number of H-pyrrole nitrogens is 2. The van der Waals surface area contributed by atoms with Crippen LogP contribution in [0.1, 0.15) is 45.4 Å². The summed E-state index contributed by atoms with van der Waals surface area (Å²) in [5, 5.41) is 0. The SMILES string of the molecule is O=C(c1c[nH]c(-c2nc3c(F)c(C4CC4)ncc3[nH]2)c1)c1scnc1C(F)(F)F. The molecule has 1 fully saturated rings. The number of halogens is 4. The molecule has 0 aliphatic heterocycles. The van der Waals surface area contributed by atoms with Crippen molar-refractivity contribution in [2.75, 3.05) is 0 Å². The van der Waals surface area contributed by atoms with E-state index in [2.05, 4.69) is 24.9 Å². The van der Waals surface area contributed by atoms with E-state index in [1.807, 2.05) is 0 Å². The fourth-order valence-electron chi connectivity index (χ4n) is 3.13. The van der Waals surface area contributed by atoms with Gasteiger partial charge in [-0.05, 0) is 18.9 Å². The van der Waals surface area contributed by atoms with Crippen LogP contribution in [0.4, 0.5) is 17.6 Å². The van der Waals surface area contributed by atoms with E-state index in [9.17, 15) is 22.4 Å². The first-order valence-electron chi connectivity index (χ1n) is 8.61. The minimum Gasteiger partial charge on any atom is -0.358 e. The first-order valence-corrected chi connectivity index (χ1v) is 9.49. The highest BCUT2D eigenvalue weighted by Crippen LogP contribution is 2.41. The van der Waals surface area contributed by atoms with Crippen LogP contribution in [0.15, 0.2) is 24.0 Å². The van der Waals surface area contributed by atoms with Crippen molar-refractivity contribution < 1.29 is 22.4 Å². The number of carbonyl (C=O) groups is 1. The maximum Gasteiger partial charge on any atom is 0.434 e. The summed E-state index contributed by atoms with van der Waals surface area (Å²) in [7, 11) is 0. The van der Waals surface area contributed by atoms with Gasteiger partial charge >= 0.3 is 6.18 Å². The standard InChI is InChI=1S/C18H11F4N5OS/c19-11-12(7-1-2-7)24-5-10-13(11)27-17(26-10)9-3-8(4-23-9)14(28)15-16(18(20,21)22)25-6-29-15/h3-7,23H,1-2H2,(H,26,27). The zero-order valence-corrected chi connectivity index (χ0v) is 15.3. The zero-order valence-electron chi connectivity index (χ0n) is 14.5. The third-order valence-electron chi connectivity index (χ3n) is 4.70. The largest absolute Gasteiger partial charge is 0.434 e. The predicted octanol–water partition coefficient (Wildman–Crippen LogP) is 4.68. The smallest absolute Gasteiger partial charge is 0.358 e. The summed E-state index contributed by atoms with van der Waals surface area (Å²) >= 11 is 0.625. The molecular weight excluding hydrogens is 410 g/mol. The van der Waals surface area contributed by atoms with E-state index in [1.165, 1.54) is 18.5 Å². The van der Waals surface area contributed by atoms with Gasteiger partial charge in [-0.1, -0.05) is 0 Å². The molecule has 2 N–H and O–H groups in total. The van der Waals surface area contributed by atoms with E-state index in [0.29, 0.717) is 28.2 Å². The number of fused-ring (bicyclic) bond motifs is 1. The lowest BCUT2D eigenvalue weighted by Crippen LogP contribution is -2.12. The number of carbonyl (C=O) groups excluding carboxylic acids is 1. The van der Waals surface area contributed by atoms with Crippen molar-refractivity contribution in [3.05, 3.63) is 51.6 Å². The van der Waals surface area contributed by atoms with Crippen molar-refractivity contribution in [2.45, 2.75) is 24.9 Å². The minimum atomic E-state index is -4.72. The number of imidazole rings is 1. The molecule has 4 aromatic rings. The van der Waals surface area contributed by atoms with Gasteiger partial charge in [-0.2, -0.15) is 13.2 Å². The molecule has 0 unspecified atom stereocenters. The zero-order chi connectivity index (χ0) is 20.3. The Hall–Kier alpha value is -3.08. The number of aromatic nitrogens is 5. The fourth-order valence-corrected chi connectivity index (χ4v) is 3.90. The summed E-state index contributed by atoms with van der Waals surface area (Å²) in [5.74, 6) is -0.901. The summed E-state index contributed by atoms with van der Waals surface area (Å²) in [6, 6.07) is 1.37. The summed E-state index contributed by atoms with van der Waals surface area (Å²) in [5.41, 5.74) is 1.06. The van der Waals surface area contributed by atoms with Gasteiger partial charge in [0.05, 0.1) is 28.6 Å². The van der Waals surface area contributed by atoms with Crippen molar-refractivity contribution in [1.82, 2.24) is 24.9 Å². The molecule has 0 amide bonds. The van der Waals surface area contributed by atoms with E-state index in [0.717, 1.165) is 18.4 Å². The molecule has 5 rings (SSSR count). The number of thiazole rings is 1. The highest BCUT2D eigenvalue weighted by Gasteiger charge is 2.38. The molecule has 0 spiro atoms. The first kappa shape index (κ1) is 18.0. The first-order chi connectivity index (χ1) is 13.8. The predicted molar refractivity (Wildman–Crippen MR) is 96.2 cm³/mol. The maximum absolute atomic E-state index is 14.6. The normalized spacial score (nSPS) is 14.6. The molecule has 1 saturated carbocycles. The number of pyridine rings is 1. The van der Waals surface area contributed by atoms with Gasteiger partial charge in [-0.3, -0.25) is 9.78 Å². The topological polar surface area (TPSA) is 87.3 Å². The van der Waals surface area contributed by atoms with Crippen LogP contribution in [0.25, 0.3) is 22.6 Å². The Balaban J connectivity index is 1.50. The second-order valence-electron chi connectivity index (χ2n) is 6.74. The molecule has 1 aliphatic carbocycles. The van der Waals surface area contributed by atoms with Crippen molar-refractivity contribution in [1.29, 1.82) is 0 Å². The Kier molecular flexibility index (Phi) is 3.85.